The van der Waals surface area contributed by atoms with E-state index in [-0.39, 0.29) is 6.04 Å². The lowest BCUT2D eigenvalue weighted by Crippen LogP contribution is -2.10. The highest BCUT2D eigenvalue weighted by molar-refractivity contribution is 5.27. The second kappa shape index (κ2) is 5.89. The molecule has 0 aliphatic rings. The third-order valence-electron chi connectivity index (χ3n) is 2.56. The Morgan fingerprint density at radius 1 is 1.31 bits per heavy atom. The van der Waals surface area contributed by atoms with Gasteiger partial charge in [0.25, 0.3) is 6.43 Å². The van der Waals surface area contributed by atoms with E-state index in [0.717, 1.165) is 31.4 Å². The number of hydrogen-bond acceptors (Lipinski definition) is 1. The molecule has 0 amide bonds. The molecule has 1 atom stereocenters. The molecule has 0 heterocycles. The van der Waals surface area contributed by atoms with Gasteiger partial charge in [0.1, 0.15) is 5.82 Å². The molecule has 1 aromatic carbocycles. The van der Waals surface area contributed by atoms with Gasteiger partial charge in [-0.05, 0) is 18.1 Å². The molecule has 0 fully saturated rings. The summed E-state index contributed by atoms with van der Waals surface area (Å²) in [5.74, 6) is -0.876. The van der Waals surface area contributed by atoms with Gasteiger partial charge < -0.3 is 5.73 Å². The predicted octanol–water partition coefficient (Wildman–Crippen LogP) is 3.95. The third kappa shape index (κ3) is 3.23. The van der Waals surface area contributed by atoms with E-state index in [2.05, 4.69) is 0 Å². The normalized spacial score (nSPS) is 13.1. The molecule has 90 valence electrons. The second-order valence-electron chi connectivity index (χ2n) is 3.83. The van der Waals surface area contributed by atoms with Gasteiger partial charge in [0.15, 0.2) is 0 Å². The van der Waals surface area contributed by atoms with Crippen molar-refractivity contribution in [2.75, 3.05) is 0 Å². The lowest BCUT2D eigenvalue weighted by Gasteiger charge is -2.12. The van der Waals surface area contributed by atoms with Crippen LogP contribution in [0.15, 0.2) is 18.2 Å². The summed E-state index contributed by atoms with van der Waals surface area (Å²) in [7, 11) is 0. The summed E-state index contributed by atoms with van der Waals surface area (Å²) in [6.45, 7) is 2.03. The van der Waals surface area contributed by atoms with Crippen molar-refractivity contribution in [3.8, 4) is 0 Å². The van der Waals surface area contributed by atoms with Gasteiger partial charge in [0.2, 0.25) is 0 Å². The zero-order valence-corrected chi connectivity index (χ0v) is 9.22. The van der Waals surface area contributed by atoms with Crippen LogP contribution in [0.4, 0.5) is 13.2 Å². The van der Waals surface area contributed by atoms with Crippen LogP contribution in [0.5, 0.6) is 0 Å². The summed E-state index contributed by atoms with van der Waals surface area (Å²) in [4.78, 5) is 0. The van der Waals surface area contributed by atoms with Crippen LogP contribution < -0.4 is 5.73 Å². The lowest BCUT2D eigenvalue weighted by molar-refractivity contribution is 0.146. The molecule has 16 heavy (non-hydrogen) atoms. The highest BCUT2D eigenvalue weighted by Crippen LogP contribution is 2.25. The molecule has 4 heteroatoms. The van der Waals surface area contributed by atoms with Crippen molar-refractivity contribution in [1.29, 1.82) is 0 Å². The number of rotatable bonds is 5. The van der Waals surface area contributed by atoms with Crippen molar-refractivity contribution >= 4 is 0 Å². The Kier molecular flexibility index (Phi) is 4.80. The Balaban J connectivity index is 2.80. The predicted molar refractivity (Wildman–Crippen MR) is 57.8 cm³/mol. The Morgan fingerprint density at radius 2 is 2.00 bits per heavy atom. The standard InChI is InChI=1S/C12H16F3N/c1-2-3-4-11(16)8-5-6-9(12(14)15)10(13)7-8/h5-7,11-12H,2-4,16H2,1H3/t11-/m0/s1. The van der Waals surface area contributed by atoms with Gasteiger partial charge in [-0.2, -0.15) is 0 Å². The molecular formula is C12H16F3N. The molecule has 1 nitrogen and oxygen atoms in total. The van der Waals surface area contributed by atoms with Crippen LogP contribution in [0.2, 0.25) is 0 Å². The maximum atomic E-state index is 13.2. The van der Waals surface area contributed by atoms with Crippen LogP contribution >= 0.6 is 0 Å². The van der Waals surface area contributed by atoms with Gasteiger partial charge in [-0.3, -0.25) is 0 Å². The molecule has 1 rings (SSSR count). The lowest BCUT2D eigenvalue weighted by atomic mass is 10.0. The van der Waals surface area contributed by atoms with E-state index in [4.69, 9.17) is 5.73 Å². The van der Waals surface area contributed by atoms with Gasteiger partial charge in [-0.1, -0.05) is 31.9 Å². The van der Waals surface area contributed by atoms with Gasteiger partial charge >= 0.3 is 0 Å². The van der Waals surface area contributed by atoms with Gasteiger partial charge in [-0.25, -0.2) is 13.2 Å². The van der Waals surface area contributed by atoms with Crippen LogP contribution in [0.25, 0.3) is 0 Å². The zero-order valence-electron chi connectivity index (χ0n) is 9.22. The molecule has 0 saturated carbocycles. The minimum atomic E-state index is -2.78. The second-order valence-corrected chi connectivity index (χ2v) is 3.83. The maximum Gasteiger partial charge on any atom is 0.266 e. The Bertz CT molecular complexity index is 339. The monoisotopic (exact) mass is 231 g/mol. The molecule has 1 aromatic rings. The van der Waals surface area contributed by atoms with Crippen molar-refractivity contribution in [2.24, 2.45) is 5.73 Å². The minimum Gasteiger partial charge on any atom is -0.324 e. The van der Waals surface area contributed by atoms with E-state index in [0.29, 0.717) is 5.56 Å². The SMILES string of the molecule is CCCC[C@H](N)c1ccc(C(F)F)c(F)c1. The Morgan fingerprint density at radius 3 is 2.50 bits per heavy atom. The van der Waals surface area contributed by atoms with Crippen LogP contribution in [0.3, 0.4) is 0 Å². The fourth-order valence-electron chi connectivity index (χ4n) is 1.54. The number of alkyl halides is 2. The molecule has 0 saturated heterocycles. The first-order valence-corrected chi connectivity index (χ1v) is 5.39. The minimum absolute atomic E-state index is 0.277. The molecule has 0 aromatic heterocycles. The first-order valence-electron chi connectivity index (χ1n) is 5.39. The quantitative estimate of drug-likeness (QED) is 0.815. The van der Waals surface area contributed by atoms with Crippen molar-refractivity contribution in [2.45, 2.75) is 38.7 Å². The zero-order chi connectivity index (χ0) is 12.1. The molecule has 2 N–H and O–H groups in total. The number of nitrogens with two attached hydrogens (primary N) is 1. The fourth-order valence-corrected chi connectivity index (χ4v) is 1.54. The van der Waals surface area contributed by atoms with Crippen LogP contribution in [-0.4, -0.2) is 0 Å². The average Bonchev–Trinajstić information content (AvgIpc) is 2.25. The highest BCUT2D eigenvalue weighted by atomic mass is 19.3. The van der Waals surface area contributed by atoms with Gasteiger partial charge in [-0.15, -0.1) is 0 Å². The van der Waals surface area contributed by atoms with Crippen molar-refractivity contribution in [1.82, 2.24) is 0 Å². The van der Waals surface area contributed by atoms with E-state index >= 15 is 0 Å². The molecule has 0 bridgehead atoms. The van der Waals surface area contributed by atoms with Crippen LogP contribution in [0.1, 0.15) is 49.8 Å². The summed E-state index contributed by atoms with van der Waals surface area (Å²) >= 11 is 0. The molecule has 0 unspecified atom stereocenters. The number of hydrogen-bond donors (Lipinski definition) is 1. The summed E-state index contributed by atoms with van der Waals surface area (Å²) in [6.07, 6.45) is -0.0878. The number of benzene rings is 1. The van der Waals surface area contributed by atoms with Gasteiger partial charge in [0.05, 0.1) is 5.56 Å². The number of halogens is 3. The van der Waals surface area contributed by atoms with E-state index in [1.807, 2.05) is 6.92 Å². The molecule has 0 spiro atoms. The van der Waals surface area contributed by atoms with Crippen molar-refractivity contribution in [3.63, 3.8) is 0 Å². The van der Waals surface area contributed by atoms with E-state index in [9.17, 15) is 13.2 Å². The Labute approximate surface area is 93.5 Å². The first-order chi connectivity index (χ1) is 7.56. The van der Waals surface area contributed by atoms with Crippen LogP contribution in [-0.2, 0) is 0 Å². The fraction of sp³-hybridized carbons (Fsp3) is 0.500. The summed E-state index contributed by atoms with van der Waals surface area (Å²) in [5, 5.41) is 0. The molecule has 0 radical (unpaired) electrons. The third-order valence-corrected chi connectivity index (χ3v) is 2.56. The Hall–Kier alpha value is -1.03. The molecular weight excluding hydrogens is 215 g/mol. The topological polar surface area (TPSA) is 26.0 Å². The largest absolute Gasteiger partial charge is 0.324 e. The van der Waals surface area contributed by atoms with E-state index < -0.39 is 17.8 Å². The summed E-state index contributed by atoms with van der Waals surface area (Å²) in [6, 6.07) is 3.43. The van der Waals surface area contributed by atoms with Gasteiger partial charge in [0, 0.05) is 6.04 Å². The maximum absolute atomic E-state index is 13.2. The summed E-state index contributed by atoms with van der Waals surface area (Å²) < 4.78 is 37.8. The van der Waals surface area contributed by atoms with Crippen molar-refractivity contribution < 1.29 is 13.2 Å². The summed E-state index contributed by atoms with van der Waals surface area (Å²) in [5.41, 5.74) is 5.84. The van der Waals surface area contributed by atoms with Crippen LogP contribution in [0, 0.1) is 5.82 Å². The first kappa shape index (κ1) is 13.0. The van der Waals surface area contributed by atoms with Crippen molar-refractivity contribution in [3.05, 3.63) is 35.1 Å². The van der Waals surface area contributed by atoms with E-state index in [1.165, 1.54) is 6.07 Å². The molecule has 0 aliphatic heterocycles. The smallest absolute Gasteiger partial charge is 0.266 e. The highest BCUT2D eigenvalue weighted by Gasteiger charge is 2.15. The van der Waals surface area contributed by atoms with E-state index in [1.54, 1.807) is 0 Å². The average molecular weight is 231 g/mol. The molecule has 0 aliphatic carbocycles. The number of unbranched alkanes of at least 4 members (excludes halogenated alkanes) is 1.